The molecular weight excluding hydrogens is 416 g/mol. The number of nitrogens with one attached hydrogen (secondary N) is 1. The van der Waals surface area contributed by atoms with Gasteiger partial charge in [-0.15, -0.1) is 0 Å². The minimum atomic E-state index is -3.41. The molecule has 10 heteroatoms. The fraction of sp³-hybridized carbons (Fsp3) is 0.350. The fourth-order valence-corrected chi connectivity index (χ4v) is 3.83. The van der Waals surface area contributed by atoms with Crippen molar-refractivity contribution in [1.82, 2.24) is 9.97 Å². The highest BCUT2D eigenvalue weighted by Crippen LogP contribution is 2.34. The third-order valence-electron chi connectivity index (χ3n) is 4.77. The Balaban J connectivity index is 1.91. The molecule has 7 nitrogen and oxygen atoms in total. The normalized spacial score (nSPS) is 22.0. The Labute approximate surface area is 173 Å². The number of ether oxygens (including phenoxy) is 1. The second-order valence-electron chi connectivity index (χ2n) is 7.04. The van der Waals surface area contributed by atoms with Crippen LogP contribution in [0.15, 0.2) is 47.6 Å². The van der Waals surface area contributed by atoms with E-state index in [9.17, 15) is 22.0 Å². The van der Waals surface area contributed by atoms with Gasteiger partial charge in [0.2, 0.25) is 5.88 Å². The summed E-state index contributed by atoms with van der Waals surface area (Å²) in [6, 6.07) is 5.72. The highest BCUT2D eigenvalue weighted by molar-refractivity contribution is 7.90. The smallest absolute Gasteiger partial charge is 0.257 e. The van der Waals surface area contributed by atoms with Gasteiger partial charge < -0.3 is 10.1 Å². The van der Waals surface area contributed by atoms with E-state index in [1.54, 1.807) is 0 Å². The van der Waals surface area contributed by atoms with Crippen molar-refractivity contribution in [3.05, 3.63) is 48.3 Å². The molecule has 1 fully saturated rings. The van der Waals surface area contributed by atoms with E-state index in [0.29, 0.717) is 5.56 Å². The molecule has 1 aromatic carbocycles. The summed E-state index contributed by atoms with van der Waals surface area (Å²) in [6.07, 6.45) is 2.04. The summed E-state index contributed by atoms with van der Waals surface area (Å²) in [5.74, 6) is -0.585. The van der Waals surface area contributed by atoms with Crippen LogP contribution in [0.2, 0.25) is 0 Å². The first kappa shape index (κ1) is 21.8. The molecule has 1 saturated carbocycles. The summed E-state index contributed by atoms with van der Waals surface area (Å²) in [4.78, 5) is 21.0. The lowest BCUT2D eigenvalue weighted by atomic mass is 9.98. The van der Waals surface area contributed by atoms with Crippen molar-refractivity contribution < 1.29 is 26.7 Å². The second-order valence-corrected chi connectivity index (χ2v) is 9.05. The van der Waals surface area contributed by atoms with Crippen molar-refractivity contribution in [3.8, 4) is 5.88 Å². The minimum Gasteiger partial charge on any atom is -0.480 e. The number of alkyl halides is 2. The molecule has 0 bridgehead atoms. The molecule has 30 heavy (non-hydrogen) atoms. The third kappa shape index (κ3) is 5.18. The molecule has 2 aromatic rings. The number of anilines is 1. The van der Waals surface area contributed by atoms with Gasteiger partial charge in [0.15, 0.2) is 15.7 Å². The summed E-state index contributed by atoms with van der Waals surface area (Å²) in [5, 5.41) is 2.59. The SMILES string of the molecule is COc1cnc(NC(=O)/C(=C/C2C[C@@H](F)[C@@H](F)C2)c2ccc(S(C)(=O)=O)cc2)cn1. The number of methoxy groups -OCH3 is 1. The maximum absolute atomic E-state index is 13.6. The average Bonchev–Trinajstić information content (AvgIpc) is 3.03. The first-order valence-corrected chi connectivity index (χ1v) is 11.0. The van der Waals surface area contributed by atoms with E-state index in [4.69, 9.17) is 4.74 Å². The standard InChI is InChI=1S/C20H21F2N3O4S/c1-29-19-11-23-18(10-24-19)25-20(26)15(7-12-8-16(21)17(22)9-12)13-3-5-14(6-4-13)30(2,27)28/h3-7,10-12,16-17H,8-9H2,1-2H3,(H,23,25,26)/b15-7+/t12?,16-,17+. The maximum Gasteiger partial charge on any atom is 0.257 e. The van der Waals surface area contributed by atoms with Crippen molar-refractivity contribution in [3.63, 3.8) is 0 Å². The Kier molecular flexibility index (Phi) is 6.45. The Bertz CT molecular complexity index is 1030. The van der Waals surface area contributed by atoms with E-state index >= 15 is 0 Å². The Morgan fingerprint density at radius 1 is 1.13 bits per heavy atom. The molecule has 1 N–H and O–H groups in total. The van der Waals surface area contributed by atoms with Crippen LogP contribution in [-0.4, -0.2) is 50.0 Å². The van der Waals surface area contributed by atoms with Crippen molar-refractivity contribution in [2.24, 2.45) is 5.92 Å². The molecule has 0 spiro atoms. The molecule has 1 aliphatic carbocycles. The van der Waals surface area contributed by atoms with Gasteiger partial charge in [0.25, 0.3) is 5.91 Å². The maximum atomic E-state index is 13.6. The largest absolute Gasteiger partial charge is 0.480 e. The molecule has 3 rings (SSSR count). The zero-order valence-corrected chi connectivity index (χ0v) is 17.2. The molecule has 1 amide bonds. The fourth-order valence-electron chi connectivity index (χ4n) is 3.20. The quantitative estimate of drug-likeness (QED) is 0.698. The molecule has 0 saturated heterocycles. The molecule has 0 radical (unpaired) electrons. The van der Waals surface area contributed by atoms with Crippen molar-refractivity contribution in [2.45, 2.75) is 30.1 Å². The molecule has 160 valence electrons. The number of allylic oxidation sites excluding steroid dienone is 1. The zero-order chi connectivity index (χ0) is 21.9. The second kappa shape index (κ2) is 8.86. The van der Waals surface area contributed by atoms with Gasteiger partial charge in [-0.25, -0.2) is 27.2 Å². The van der Waals surface area contributed by atoms with Crippen LogP contribution in [0.3, 0.4) is 0 Å². The number of hydrogen-bond donors (Lipinski definition) is 1. The van der Waals surface area contributed by atoms with E-state index in [1.807, 2.05) is 0 Å². The van der Waals surface area contributed by atoms with Crippen molar-refractivity contribution in [2.75, 3.05) is 18.7 Å². The molecule has 1 aromatic heterocycles. The number of rotatable bonds is 6. The number of halogens is 2. The summed E-state index contributed by atoms with van der Waals surface area (Å²) in [7, 11) is -1.98. The minimum absolute atomic E-state index is 0.0261. The van der Waals surface area contributed by atoms with Crippen LogP contribution in [0.1, 0.15) is 18.4 Å². The first-order valence-electron chi connectivity index (χ1n) is 9.15. The van der Waals surface area contributed by atoms with Gasteiger partial charge in [0.05, 0.1) is 24.4 Å². The van der Waals surface area contributed by atoms with Crippen LogP contribution >= 0.6 is 0 Å². The van der Waals surface area contributed by atoms with Gasteiger partial charge in [-0.05, 0) is 36.5 Å². The molecule has 1 aliphatic rings. The van der Waals surface area contributed by atoms with E-state index in [2.05, 4.69) is 15.3 Å². The van der Waals surface area contributed by atoms with Crippen LogP contribution in [0.25, 0.3) is 5.57 Å². The Morgan fingerprint density at radius 2 is 1.77 bits per heavy atom. The number of aromatic nitrogens is 2. The van der Waals surface area contributed by atoms with Gasteiger partial charge in [-0.3, -0.25) is 4.79 Å². The number of benzene rings is 1. The van der Waals surface area contributed by atoms with Gasteiger partial charge in [0, 0.05) is 11.8 Å². The topological polar surface area (TPSA) is 98.2 Å². The lowest BCUT2D eigenvalue weighted by molar-refractivity contribution is -0.111. The Hall–Kier alpha value is -2.88. The highest BCUT2D eigenvalue weighted by Gasteiger charge is 2.34. The van der Waals surface area contributed by atoms with Gasteiger partial charge in [-0.1, -0.05) is 18.2 Å². The number of nitrogens with zero attached hydrogens (tertiary/aromatic N) is 2. The Morgan fingerprint density at radius 3 is 2.27 bits per heavy atom. The number of carbonyl (C=O) groups excluding carboxylic acids is 1. The molecule has 1 heterocycles. The van der Waals surface area contributed by atoms with Crippen LogP contribution in [0, 0.1) is 5.92 Å². The van der Waals surface area contributed by atoms with Crippen LogP contribution in [0.5, 0.6) is 5.88 Å². The predicted molar refractivity (Wildman–Crippen MR) is 107 cm³/mol. The summed E-state index contributed by atoms with van der Waals surface area (Å²) in [5.41, 5.74) is 0.582. The van der Waals surface area contributed by atoms with E-state index in [1.165, 1.54) is 49.8 Å². The summed E-state index contributed by atoms with van der Waals surface area (Å²) < 4.78 is 55.5. The van der Waals surface area contributed by atoms with Gasteiger partial charge in [-0.2, -0.15) is 0 Å². The van der Waals surface area contributed by atoms with Crippen molar-refractivity contribution in [1.29, 1.82) is 0 Å². The van der Waals surface area contributed by atoms with Crippen LogP contribution < -0.4 is 10.1 Å². The summed E-state index contributed by atoms with van der Waals surface area (Å²) in [6.45, 7) is 0. The van der Waals surface area contributed by atoms with Crippen LogP contribution in [-0.2, 0) is 14.6 Å². The number of sulfone groups is 1. The highest BCUT2D eigenvalue weighted by atomic mass is 32.2. The van der Waals surface area contributed by atoms with Gasteiger partial charge >= 0.3 is 0 Å². The van der Waals surface area contributed by atoms with E-state index < -0.39 is 34.0 Å². The van der Waals surface area contributed by atoms with Gasteiger partial charge in [0.1, 0.15) is 12.3 Å². The molecule has 1 unspecified atom stereocenters. The monoisotopic (exact) mass is 437 g/mol. The van der Waals surface area contributed by atoms with E-state index in [-0.39, 0.29) is 35.0 Å². The average molecular weight is 437 g/mol. The van der Waals surface area contributed by atoms with Crippen LogP contribution in [0.4, 0.5) is 14.6 Å². The molecule has 3 atom stereocenters. The molecule has 0 aliphatic heterocycles. The predicted octanol–water partition coefficient (Wildman–Crippen LogP) is 3.00. The lowest BCUT2D eigenvalue weighted by Crippen LogP contribution is -2.16. The molecular formula is C20H21F2N3O4S. The number of hydrogen-bond acceptors (Lipinski definition) is 6. The van der Waals surface area contributed by atoms with E-state index in [0.717, 1.165) is 6.26 Å². The number of amides is 1. The summed E-state index contributed by atoms with van der Waals surface area (Å²) >= 11 is 0. The number of carbonyl (C=O) groups is 1. The third-order valence-corrected chi connectivity index (χ3v) is 5.90. The first-order chi connectivity index (χ1) is 14.2. The van der Waals surface area contributed by atoms with Crippen molar-refractivity contribution >= 4 is 27.1 Å². The zero-order valence-electron chi connectivity index (χ0n) is 16.4. The lowest BCUT2D eigenvalue weighted by Gasteiger charge is -2.12.